The van der Waals surface area contributed by atoms with E-state index in [1.807, 2.05) is 0 Å². The summed E-state index contributed by atoms with van der Waals surface area (Å²) in [5, 5.41) is 11.8. The van der Waals surface area contributed by atoms with Crippen LogP contribution < -0.4 is 5.56 Å². The molecule has 0 aromatic carbocycles. The zero-order chi connectivity index (χ0) is 8.43. The van der Waals surface area contributed by atoms with Crippen LogP contribution in [0.25, 0.3) is 0 Å². The molecule has 0 spiro atoms. The highest BCUT2D eigenvalue weighted by Crippen LogP contribution is 2.02. The first-order valence-electron chi connectivity index (χ1n) is 2.58. The monoisotopic (exact) mass is 172 g/mol. The van der Waals surface area contributed by atoms with Gasteiger partial charge in [-0.3, -0.25) is 9.78 Å². The molecule has 3 N–H and O–H groups in total. The molecule has 0 aliphatic carbocycles. The van der Waals surface area contributed by atoms with Gasteiger partial charge in [-0.25, -0.2) is 0 Å². The second-order valence-electron chi connectivity index (χ2n) is 1.71. The molecular formula is C4H4N4O2S. The van der Waals surface area contributed by atoms with Crippen molar-refractivity contribution in [3.05, 3.63) is 21.2 Å². The van der Waals surface area contributed by atoms with E-state index in [1.165, 1.54) is 0 Å². The van der Waals surface area contributed by atoms with E-state index < -0.39 is 11.4 Å². The molecule has 0 saturated heterocycles. The quantitative estimate of drug-likeness (QED) is 0.423. The number of nitrogens with one attached hydrogen (secondary N) is 2. The van der Waals surface area contributed by atoms with E-state index >= 15 is 0 Å². The first-order chi connectivity index (χ1) is 5.15. The molecule has 1 heterocycles. The van der Waals surface area contributed by atoms with Gasteiger partial charge in [-0.2, -0.15) is 10.2 Å². The first kappa shape index (κ1) is 7.61. The van der Waals surface area contributed by atoms with Gasteiger partial charge in [-0.05, 0) is 12.2 Å². The average Bonchev–Trinajstić information content (AvgIpc) is 1.85. The molecule has 1 rings (SSSR count). The minimum atomic E-state index is -0.521. The number of aromatic nitrogens is 2. The molecular weight excluding hydrogens is 168 g/mol. The summed E-state index contributed by atoms with van der Waals surface area (Å²) >= 11 is 4.56. The van der Waals surface area contributed by atoms with Crippen molar-refractivity contribution in [1.29, 1.82) is 5.53 Å². The van der Waals surface area contributed by atoms with Crippen molar-refractivity contribution in [3.63, 3.8) is 0 Å². The number of nitrogens with zero attached hydrogens (tertiary/aromatic N) is 2. The van der Waals surface area contributed by atoms with Gasteiger partial charge in [-0.1, -0.05) is 5.22 Å². The van der Waals surface area contributed by atoms with Crippen molar-refractivity contribution in [3.8, 4) is 5.88 Å². The van der Waals surface area contributed by atoms with Crippen LogP contribution in [0.5, 0.6) is 5.88 Å². The Morgan fingerprint density at radius 2 is 2.45 bits per heavy atom. The third-order valence-corrected chi connectivity index (χ3v) is 1.27. The smallest absolute Gasteiger partial charge is 0.255 e. The lowest BCUT2D eigenvalue weighted by Crippen LogP contribution is -2.08. The molecule has 0 aliphatic heterocycles. The molecule has 0 radical (unpaired) electrons. The number of H-pyrrole nitrogens is 1. The minimum Gasteiger partial charge on any atom is -0.493 e. The number of rotatable bonds is 1. The lowest BCUT2D eigenvalue weighted by atomic mass is 10.6. The standard InChI is InChI=1S/C4H4N4O2S/c5-7-8-3(10)1-2(9)6-4(8)11/h1,5,10H,(H,6,9,11). The van der Waals surface area contributed by atoms with E-state index in [0.717, 1.165) is 10.7 Å². The number of aromatic hydroxyl groups is 1. The van der Waals surface area contributed by atoms with E-state index in [4.69, 9.17) is 10.6 Å². The molecule has 1 aromatic rings. The van der Waals surface area contributed by atoms with Gasteiger partial charge in [0.25, 0.3) is 5.56 Å². The van der Waals surface area contributed by atoms with Crippen LogP contribution in [0.2, 0.25) is 0 Å². The highest BCUT2D eigenvalue weighted by molar-refractivity contribution is 7.71. The fourth-order valence-corrected chi connectivity index (χ4v) is 0.808. The van der Waals surface area contributed by atoms with E-state index in [-0.39, 0.29) is 4.77 Å². The fraction of sp³-hybridized carbons (Fsp3) is 0. The predicted molar refractivity (Wildman–Crippen MR) is 38.1 cm³/mol. The maximum Gasteiger partial charge on any atom is 0.255 e. The third kappa shape index (κ3) is 1.32. The summed E-state index contributed by atoms with van der Waals surface area (Å²) < 4.78 is 0.612. The Kier molecular flexibility index (Phi) is 1.81. The van der Waals surface area contributed by atoms with Gasteiger partial charge in [0.1, 0.15) is 0 Å². The van der Waals surface area contributed by atoms with Gasteiger partial charge in [0, 0.05) is 0 Å². The SMILES string of the molecule is N=Nn1c(O)cc(=O)[nH]c1=S. The molecule has 11 heavy (non-hydrogen) atoms. The van der Waals surface area contributed by atoms with Crippen molar-refractivity contribution in [2.45, 2.75) is 0 Å². The lowest BCUT2D eigenvalue weighted by molar-refractivity contribution is 0.411. The molecule has 58 valence electrons. The van der Waals surface area contributed by atoms with Gasteiger partial charge in [-0.15, -0.1) is 0 Å². The molecule has 7 heteroatoms. The van der Waals surface area contributed by atoms with Crippen molar-refractivity contribution >= 4 is 12.2 Å². The Balaban J connectivity index is 3.62. The summed E-state index contributed by atoms with van der Waals surface area (Å²) in [4.78, 5) is 12.8. The van der Waals surface area contributed by atoms with Crippen LogP contribution in [0.15, 0.2) is 16.1 Å². The Hall–Kier alpha value is -1.50. The second kappa shape index (κ2) is 2.62. The van der Waals surface area contributed by atoms with Gasteiger partial charge in [0.2, 0.25) is 10.7 Å². The third-order valence-electron chi connectivity index (χ3n) is 1.000. The zero-order valence-electron chi connectivity index (χ0n) is 5.24. The maximum absolute atomic E-state index is 10.6. The summed E-state index contributed by atoms with van der Waals surface area (Å²) in [6.07, 6.45) is 0. The number of aromatic amines is 1. The molecule has 0 aliphatic rings. The molecule has 1 aromatic heterocycles. The van der Waals surface area contributed by atoms with Gasteiger partial charge < -0.3 is 5.11 Å². The lowest BCUT2D eigenvalue weighted by Gasteiger charge is -1.97. The minimum absolute atomic E-state index is 0.106. The van der Waals surface area contributed by atoms with Crippen LogP contribution in [0.3, 0.4) is 0 Å². The van der Waals surface area contributed by atoms with Crippen molar-refractivity contribution < 1.29 is 5.11 Å². The number of hydrogen-bond donors (Lipinski definition) is 3. The van der Waals surface area contributed by atoms with E-state index in [0.29, 0.717) is 0 Å². The van der Waals surface area contributed by atoms with Crippen LogP contribution in [-0.4, -0.2) is 14.8 Å². The molecule has 0 amide bonds. The topological polar surface area (TPSA) is 94.2 Å². The van der Waals surface area contributed by atoms with Gasteiger partial charge in [0.05, 0.1) is 6.07 Å². The van der Waals surface area contributed by atoms with Crippen LogP contribution >= 0.6 is 12.2 Å². The van der Waals surface area contributed by atoms with Crippen molar-refractivity contribution in [2.24, 2.45) is 5.22 Å². The molecule has 0 bridgehead atoms. The molecule has 0 unspecified atom stereocenters. The normalized spacial score (nSPS) is 9.45. The highest BCUT2D eigenvalue weighted by atomic mass is 32.1. The summed E-state index contributed by atoms with van der Waals surface area (Å²) in [6, 6.07) is 0.883. The van der Waals surface area contributed by atoms with Crippen LogP contribution in [0.4, 0.5) is 0 Å². The van der Waals surface area contributed by atoms with Gasteiger partial charge in [0.15, 0.2) is 0 Å². The first-order valence-corrected chi connectivity index (χ1v) is 2.99. The van der Waals surface area contributed by atoms with Crippen LogP contribution in [-0.2, 0) is 0 Å². The highest BCUT2D eigenvalue weighted by Gasteiger charge is 1.98. The Labute approximate surface area is 65.6 Å². The predicted octanol–water partition coefficient (Wildman–Crippen LogP) is 0.406. The summed E-state index contributed by atoms with van der Waals surface area (Å²) in [5.41, 5.74) is 6.01. The van der Waals surface area contributed by atoms with Crippen LogP contribution in [0.1, 0.15) is 0 Å². The molecule has 0 saturated carbocycles. The van der Waals surface area contributed by atoms with E-state index in [2.05, 4.69) is 22.4 Å². The zero-order valence-corrected chi connectivity index (χ0v) is 6.05. The molecule has 0 fully saturated rings. The second-order valence-corrected chi connectivity index (χ2v) is 2.10. The summed E-state index contributed by atoms with van der Waals surface area (Å²) in [7, 11) is 0. The largest absolute Gasteiger partial charge is 0.493 e. The Morgan fingerprint density at radius 1 is 1.82 bits per heavy atom. The van der Waals surface area contributed by atoms with E-state index in [9.17, 15) is 4.79 Å². The van der Waals surface area contributed by atoms with Gasteiger partial charge >= 0.3 is 0 Å². The Bertz CT molecular complexity index is 392. The summed E-state index contributed by atoms with van der Waals surface area (Å²) in [6.45, 7) is 0. The fourth-order valence-electron chi connectivity index (χ4n) is 0.574. The Morgan fingerprint density at radius 3 is 2.91 bits per heavy atom. The maximum atomic E-state index is 10.6. The average molecular weight is 172 g/mol. The van der Waals surface area contributed by atoms with E-state index in [1.54, 1.807) is 0 Å². The van der Waals surface area contributed by atoms with Crippen LogP contribution in [0, 0.1) is 10.3 Å². The van der Waals surface area contributed by atoms with Crippen molar-refractivity contribution in [1.82, 2.24) is 9.66 Å². The van der Waals surface area contributed by atoms with Crippen molar-refractivity contribution in [2.75, 3.05) is 0 Å². The number of hydrogen-bond acceptors (Lipinski definition) is 5. The summed E-state index contributed by atoms with van der Waals surface area (Å²) in [5.74, 6) is -0.450. The molecule has 0 atom stereocenters. The molecule has 6 nitrogen and oxygen atoms in total.